The third kappa shape index (κ3) is 3.78. The van der Waals surface area contributed by atoms with E-state index in [0.717, 1.165) is 36.7 Å². The van der Waals surface area contributed by atoms with Gasteiger partial charge in [-0.3, -0.25) is 4.98 Å². The normalized spacial score (nSPS) is 10.6. The highest BCUT2D eigenvalue weighted by Gasteiger charge is 2.06. The second-order valence-corrected chi connectivity index (χ2v) is 4.94. The van der Waals surface area contributed by atoms with Crippen molar-refractivity contribution >= 4 is 11.5 Å². The molecule has 2 aromatic rings. The van der Waals surface area contributed by atoms with E-state index in [0.29, 0.717) is 0 Å². The van der Waals surface area contributed by atoms with Gasteiger partial charge >= 0.3 is 0 Å². The van der Waals surface area contributed by atoms with Gasteiger partial charge in [-0.05, 0) is 32.0 Å². The Morgan fingerprint density at radius 1 is 1.15 bits per heavy atom. The molecule has 20 heavy (non-hydrogen) atoms. The zero-order chi connectivity index (χ0) is 14.4. The summed E-state index contributed by atoms with van der Waals surface area (Å²) < 4.78 is 0. The molecule has 0 fully saturated rings. The van der Waals surface area contributed by atoms with Gasteiger partial charge in [-0.15, -0.1) is 0 Å². The lowest BCUT2D eigenvalue weighted by atomic mass is 10.2. The van der Waals surface area contributed by atoms with E-state index in [2.05, 4.69) is 58.3 Å². The minimum absolute atomic E-state index is 0.760. The van der Waals surface area contributed by atoms with Gasteiger partial charge in [0.05, 0.1) is 11.9 Å². The van der Waals surface area contributed by atoms with Crippen LogP contribution in [0.3, 0.4) is 0 Å². The fourth-order valence-electron chi connectivity index (χ4n) is 1.94. The van der Waals surface area contributed by atoms with Crippen molar-refractivity contribution in [1.82, 2.24) is 15.3 Å². The molecular formula is C16H22N4. The highest BCUT2D eigenvalue weighted by Crippen LogP contribution is 2.21. The van der Waals surface area contributed by atoms with Gasteiger partial charge < -0.3 is 10.2 Å². The predicted octanol–water partition coefficient (Wildman–Crippen LogP) is 3.05. The van der Waals surface area contributed by atoms with Gasteiger partial charge in [-0.25, -0.2) is 4.98 Å². The third-order valence-electron chi connectivity index (χ3n) is 3.17. The Labute approximate surface area is 120 Å². The molecule has 4 nitrogen and oxygen atoms in total. The molecule has 2 rings (SSSR count). The zero-order valence-electron chi connectivity index (χ0n) is 12.4. The number of benzene rings is 1. The van der Waals surface area contributed by atoms with Gasteiger partial charge in [0.1, 0.15) is 0 Å². The van der Waals surface area contributed by atoms with Crippen molar-refractivity contribution in [3.05, 3.63) is 47.9 Å². The SMILES string of the molecule is CCCNCc1cncc(N(C)c2ccc(C)cc2)n1. The van der Waals surface area contributed by atoms with Crippen LogP contribution in [0, 0.1) is 6.92 Å². The zero-order valence-corrected chi connectivity index (χ0v) is 12.4. The second kappa shape index (κ2) is 7.01. The summed E-state index contributed by atoms with van der Waals surface area (Å²) in [6, 6.07) is 8.40. The van der Waals surface area contributed by atoms with Gasteiger partial charge in [0, 0.05) is 25.5 Å². The molecule has 0 unspecified atom stereocenters. The van der Waals surface area contributed by atoms with Gasteiger partial charge in [0.2, 0.25) is 0 Å². The summed E-state index contributed by atoms with van der Waals surface area (Å²) in [5, 5.41) is 3.34. The molecule has 1 heterocycles. The Hall–Kier alpha value is -1.94. The summed E-state index contributed by atoms with van der Waals surface area (Å²) in [4.78, 5) is 11.0. The van der Waals surface area contributed by atoms with E-state index in [-0.39, 0.29) is 0 Å². The molecule has 0 bridgehead atoms. The van der Waals surface area contributed by atoms with Crippen LogP contribution >= 0.6 is 0 Å². The molecule has 0 aliphatic carbocycles. The summed E-state index contributed by atoms with van der Waals surface area (Å²) >= 11 is 0. The predicted molar refractivity (Wildman–Crippen MR) is 83.3 cm³/mol. The number of nitrogens with zero attached hydrogens (tertiary/aromatic N) is 3. The number of hydrogen-bond donors (Lipinski definition) is 1. The Balaban J connectivity index is 2.11. The van der Waals surface area contributed by atoms with Crippen LogP contribution in [0.2, 0.25) is 0 Å². The van der Waals surface area contributed by atoms with Crippen LogP contribution in [-0.2, 0) is 6.54 Å². The van der Waals surface area contributed by atoms with Crippen molar-refractivity contribution in [3.8, 4) is 0 Å². The van der Waals surface area contributed by atoms with Crippen LogP contribution < -0.4 is 10.2 Å². The third-order valence-corrected chi connectivity index (χ3v) is 3.17. The topological polar surface area (TPSA) is 41.1 Å². The molecule has 0 saturated heterocycles. The molecule has 0 amide bonds. The van der Waals surface area contributed by atoms with E-state index >= 15 is 0 Å². The molecule has 0 spiro atoms. The van der Waals surface area contributed by atoms with E-state index in [9.17, 15) is 0 Å². The molecule has 4 heteroatoms. The quantitative estimate of drug-likeness (QED) is 0.819. The molecule has 1 aromatic heterocycles. The number of aryl methyl sites for hydroxylation is 1. The molecule has 0 aliphatic rings. The summed E-state index contributed by atoms with van der Waals surface area (Å²) in [6.07, 6.45) is 4.73. The van der Waals surface area contributed by atoms with E-state index in [1.54, 1.807) is 6.20 Å². The lowest BCUT2D eigenvalue weighted by Gasteiger charge is -2.18. The van der Waals surface area contributed by atoms with Crippen molar-refractivity contribution in [2.24, 2.45) is 0 Å². The highest BCUT2D eigenvalue weighted by atomic mass is 15.2. The fourth-order valence-corrected chi connectivity index (χ4v) is 1.94. The first-order valence-corrected chi connectivity index (χ1v) is 7.02. The molecule has 1 aromatic carbocycles. The van der Waals surface area contributed by atoms with Crippen LogP contribution in [0.4, 0.5) is 11.5 Å². The molecule has 0 aliphatic heterocycles. The maximum absolute atomic E-state index is 4.64. The standard InChI is InChI=1S/C16H22N4/c1-4-9-17-10-14-11-18-12-16(19-14)20(3)15-7-5-13(2)6-8-15/h5-8,11-12,17H,4,9-10H2,1-3H3. The molecular weight excluding hydrogens is 248 g/mol. The summed E-state index contributed by atoms with van der Waals surface area (Å²) in [5.41, 5.74) is 3.34. The van der Waals surface area contributed by atoms with Gasteiger partial charge in [-0.2, -0.15) is 0 Å². The maximum atomic E-state index is 4.64. The van der Waals surface area contributed by atoms with E-state index in [4.69, 9.17) is 0 Å². The Bertz CT molecular complexity index is 536. The Morgan fingerprint density at radius 3 is 2.60 bits per heavy atom. The molecule has 1 N–H and O–H groups in total. The van der Waals surface area contributed by atoms with Crippen molar-refractivity contribution in [3.63, 3.8) is 0 Å². The minimum Gasteiger partial charge on any atom is -0.328 e. The lowest BCUT2D eigenvalue weighted by Crippen LogP contribution is -2.17. The van der Waals surface area contributed by atoms with Crippen molar-refractivity contribution in [1.29, 1.82) is 0 Å². The summed E-state index contributed by atoms with van der Waals surface area (Å²) in [6.45, 7) is 6.00. The average Bonchev–Trinajstić information content (AvgIpc) is 2.48. The van der Waals surface area contributed by atoms with Crippen LogP contribution in [-0.4, -0.2) is 23.6 Å². The van der Waals surface area contributed by atoms with Gasteiger partial charge in [-0.1, -0.05) is 24.6 Å². The first-order chi connectivity index (χ1) is 9.70. The summed E-state index contributed by atoms with van der Waals surface area (Å²) in [7, 11) is 2.01. The van der Waals surface area contributed by atoms with Crippen LogP contribution in [0.15, 0.2) is 36.7 Å². The largest absolute Gasteiger partial charge is 0.328 e. The maximum Gasteiger partial charge on any atom is 0.151 e. The van der Waals surface area contributed by atoms with E-state index in [1.165, 1.54) is 5.56 Å². The van der Waals surface area contributed by atoms with Crippen LogP contribution in [0.5, 0.6) is 0 Å². The minimum atomic E-state index is 0.760. The molecule has 106 valence electrons. The van der Waals surface area contributed by atoms with E-state index < -0.39 is 0 Å². The summed E-state index contributed by atoms with van der Waals surface area (Å²) in [5.74, 6) is 0.865. The number of aromatic nitrogens is 2. The molecule has 0 saturated carbocycles. The van der Waals surface area contributed by atoms with Gasteiger partial charge in [0.25, 0.3) is 0 Å². The number of rotatable bonds is 6. The molecule has 0 atom stereocenters. The van der Waals surface area contributed by atoms with Crippen LogP contribution in [0.1, 0.15) is 24.6 Å². The van der Waals surface area contributed by atoms with Crippen molar-refractivity contribution < 1.29 is 0 Å². The smallest absolute Gasteiger partial charge is 0.151 e. The Kier molecular flexibility index (Phi) is 5.07. The first-order valence-electron chi connectivity index (χ1n) is 7.02. The van der Waals surface area contributed by atoms with Crippen LogP contribution in [0.25, 0.3) is 0 Å². The van der Waals surface area contributed by atoms with Crippen molar-refractivity contribution in [2.75, 3.05) is 18.5 Å². The molecule has 0 radical (unpaired) electrons. The monoisotopic (exact) mass is 270 g/mol. The average molecular weight is 270 g/mol. The van der Waals surface area contributed by atoms with Gasteiger partial charge in [0.15, 0.2) is 5.82 Å². The highest BCUT2D eigenvalue weighted by molar-refractivity contribution is 5.58. The van der Waals surface area contributed by atoms with Crippen molar-refractivity contribution in [2.45, 2.75) is 26.8 Å². The Morgan fingerprint density at radius 2 is 1.90 bits per heavy atom. The fraction of sp³-hybridized carbons (Fsp3) is 0.375. The lowest BCUT2D eigenvalue weighted by molar-refractivity contribution is 0.662. The number of anilines is 2. The number of nitrogens with one attached hydrogen (secondary N) is 1. The second-order valence-electron chi connectivity index (χ2n) is 4.94. The number of hydrogen-bond acceptors (Lipinski definition) is 4. The first kappa shape index (κ1) is 14.5. The van der Waals surface area contributed by atoms with E-state index in [1.807, 2.05) is 13.2 Å².